The number of aromatic nitrogens is 5. The fraction of sp³-hybridized carbons (Fsp3) is 0.143. The first-order chi connectivity index (χ1) is 14.2. The first kappa shape index (κ1) is 18.5. The summed E-state index contributed by atoms with van der Waals surface area (Å²) in [5.74, 6) is -0.296. The van der Waals surface area contributed by atoms with Crippen molar-refractivity contribution < 1.29 is 9.18 Å². The van der Waals surface area contributed by atoms with Gasteiger partial charge >= 0.3 is 0 Å². The Labute approximate surface area is 166 Å². The second-order valence-corrected chi connectivity index (χ2v) is 6.48. The van der Waals surface area contributed by atoms with Gasteiger partial charge in [-0.2, -0.15) is 5.10 Å². The van der Waals surface area contributed by atoms with Crippen molar-refractivity contribution in [1.82, 2.24) is 24.8 Å². The van der Waals surface area contributed by atoms with Gasteiger partial charge in [0, 0.05) is 0 Å². The number of carbonyl (C=O) groups excluding carboxylic acids is 1. The first-order valence-corrected chi connectivity index (χ1v) is 9.27. The average molecular weight is 390 g/mol. The smallest absolute Gasteiger partial charge is 0.260 e. The number of nitrogens with zero attached hydrogens (tertiary/aromatic N) is 5. The molecule has 0 unspecified atom stereocenters. The molecular weight excluding hydrogens is 371 g/mol. The van der Waals surface area contributed by atoms with Gasteiger partial charge in [-0.05, 0) is 42.8 Å². The molecule has 8 heteroatoms. The maximum atomic E-state index is 13.2. The molecule has 0 spiro atoms. The Kier molecular flexibility index (Phi) is 5.15. The zero-order valence-corrected chi connectivity index (χ0v) is 15.8. The van der Waals surface area contributed by atoms with E-state index in [4.69, 9.17) is 0 Å². The van der Waals surface area contributed by atoms with Crippen LogP contribution in [0.5, 0.6) is 0 Å². The number of rotatable bonds is 6. The molecule has 4 rings (SSSR count). The van der Waals surface area contributed by atoms with Crippen LogP contribution >= 0.6 is 0 Å². The molecule has 0 aliphatic rings. The van der Waals surface area contributed by atoms with Gasteiger partial charge in [-0.25, -0.2) is 13.8 Å². The highest BCUT2D eigenvalue weighted by Gasteiger charge is 2.19. The summed E-state index contributed by atoms with van der Waals surface area (Å²) >= 11 is 0. The Morgan fingerprint density at radius 3 is 2.55 bits per heavy atom. The summed E-state index contributed by atoms with van der Waals surface area (Å²) in [6.45, 7) is 2.02. The Balaban J connectivity index is 1.59. The molecule has 0 radical (unpaired) electrons. The van der Waals surface area contributed by atoms with Gasteiger partial charge in [0.2, 0.25) is 0 Å². The monoisotopic (exact) mass is 390 g/mol. The van der Waals surface area contributed by atoms with Crippen LogP contribution in [0.25, 0.3) is 11.4 Å². The van der Waals surface area contributed by atoms with Crippen molar-refractivity contribution in [1.29, 1.82) is 0 Å². The molecule has 7 nitrogen and oxygen atoms in total. The minimum Gasteiger partial charge on any atom is -0.304 e. The van der Waals surface area contributed by atoms with E-state index in [9.17, 15) is 9.18 Å². The Morgan fingerprint density at radius 1 is 1.07 bits per heavy atom. The maximum Gasteiger partial charge on any atom is 0.260 e. The van der Waals surface area contributed by atoms with Gasteiger partial charge in [-0.15, -0.1) is 5.10 Å². The van der Waals surface area contributed by atoms with E-state index in [-0.39, 0.29) is 11.7 Å². The third kappa shape index (κ3) is 3.91. The molecule has 29 heavy (non-hydrogen) atoms. The van der Waals surface area contributed by atoms with Crippen LogP contribution in [0.15, 0.2) is 67.0 Å². The Bertz CT molecular complexity index is 1120. The summed E-state index contributed by atoms with van der Waals surface area (Å²) in [4.78, 5) is 12.9. The molecule has 0 aliphatic heterocycles. The second-order valence-electron chi connectivity index (χ2n) is 6.48. The van der Waals surface area contributed by atoms with E-state index in [1.807, 2.05) is 37.3 Å². The van der Waals surface area contributed by atoms with E-state index in [0.717, 1.165) is 17.8 Å². The summed E-state index contributed by atoms with van der Waals surface area (Å²) in [5.41, 5.74) is 2.75. The van der Waals surface area contributed by atoms with Crippen molar-refractivity contribution in [2.45, 2.75) is 19.8 Å². The van der Waals surface area contributed by atoms with Gasteiger partial charge in [0.15, 0.2) is 5.82 Å². The van der Waals surface area contributed by atoms with Crippen LogP contribution < -0.4 is 5.32 Å². The minimum absolute atomic E-state index is 0.318. The number of halogens is 1. The molecule has 0 aliphatic carbocycles. The molecule has 4 aromatic rings. The molecule has 1 amide bonds. The van der Waals surface area contributed by atoms with Crippen molar-refractivity contribution in [2.75, 3.05) is 5.32 Å². The summed E-state index contributed by atoms with van der Waals surface area (Å²) in [7, 11) is 0. The number of anilines is 1. The summed E-state index contributed by atoms with van der Waals surface area (Å²) in [6, 6.07) is 15.5. The van der Waals surface area contributed by atoms with Crippen molar-refractivity contribution >= 4 is 11.7 Å². The number of para-hydroxylation sites is 1. The number of nitrogens with one attached hydrogen (secondary N) is 1. The lowest BCUT2D eigenvalue weighted by Crippen LogP contribution is -2.15. The zero-order chi connectivity index (χ0) is 20.2. The lowest BCUT2D eigenvalue weighted by atomic mass is 10.1. The fourth-order valence-corrected chi connectivity index (χ4v) is 3.06. The predicted octanol–water partition coefficient (Wildman–Crippen LogP) is 3.80. The maximum absolute atomic E-state index is 13.2. The van der Waals surface area contributed by atoms with Crippen LogP contribution in [0, 0.1) is 5.82 Å². The minimum atomic E-state index is -0.322. The molecule has 0 fully saturated rings. The molecule has 0 bridgehead atoms. The van der Waals surface area contributed by atoms with Crippen LogP contribution in [0.3, 0.4) is 0 Å². The molecule has 2 aromatic carbocycles. The highest BCUT2D eigenvalue weighted by molar-refractivity contribution is 6.04. The highest BCUT2D eigenvalue weighted by atomic mass is 19.1. The number of amides is 1. The molecular formula is C21H19FN6O. The number of benzene rings is 2. The van der Waals surface area contributed by atoms with Gasteiger partial charge < -0.3 is 5.32 Å². The Morgan fingerprint density at radius 2 is 1.83 bits per heavy atom. The van der Waals surface area contributed by atoms with Crippen LogP contribution in [-0.2, 0) is 6.42 Å². The van der Waals surface area contributed by atoms with Crippen molar-refractivity contribution in [2.24, 2.45) is 0 Å². The lowest BCUT2D eigenvalue weighted by Gasteiger charge is -2.09. The average Bonchev–Trinajstić information content (AvgIpc) is 3.37. The van der Waals surface area contributed by atoms with Gasteiger partial charge in [0.05, 0.1) is 35.0 Å². The zero-order valence-electron chi connectivity index (χ0n) is 15.8. The van der Waals surface area contributed by atoms with E-state index >= 15 is 0 Å². The third-order valence-electron chi connectivity index (χ3n) is 4.43. The van der Waals surface area contributed by atoms with E-state index < -0.39 is 0 Å². The summed E-state index contributed by atoms with van der Waals surface area (Å²) < 4.78 is 16.5. The predicted molar refractivity (Wildman–Crippen MR) is 107 cm³/mol. The van der Waals surface area contributed by atoms with Gasteiger partial charge in [0.1, 0.15) is 5.82 Å². The van der Waals surface area contributed by atoms with Crippen molar-refractivity contribution in [3.8, 4) is 11.4 Å². The van der Waals surface area contributed by atoms with E-state index in [1.165, 1.54) is 18.3 Å². The number of hydrogen-bond acceptors (Lipinski definition) is 4. The molecule has 1 N–H and O–H groups in total. The van der Waals surface area contributed by atoms with Crippen LogP contribution in [0.1, 0.15) is 29.4 Å². The molecule has 2 aromatic heterocycles. The largest absolute Gasteiger partial charge is 0.304 e. The standard InChI is InChI=1S/C21H19FN6O/c1-2-6-19-18(13-23-28(19)17-11-9-15(22)10-12-17)21(29)24-20-14-27(26-25-20)16-7-4-3-5-8-16/h3-5,7-14H,2,6H2,1H3,(H,24,29). The van der Waals surface area contributed by atoms with Crippen molar-refractivity contribution in [3.05, 3.63) is 84.1 Å². The molecule has 2 heterocycles. The van der Waals surface area contributed by atoms with Gasteiger partial charge in [-0.1, -0.05) is 36.8 Å². The summed E-state index contributed by atoms with van der Waals surface area (Å²) in [5, 5.41) is 15.2. The highest BCUT2D eigenvalue weighted by Crippen LogP contribution is 2.19. The quantitative estimate of drug-likeness (QED) is 0.543. The molecule has 0 atom stereocenters. The molecule has 146 valence electrons. The SMILES string of the molecule is CCCc1c(C(=O)Nc2cn(-c3ccccc3)nn2)cnn1-c1ccc(F)cc1. The molecule has 0 saturated heterocycles. The Hall–Kier alpha value is -3.81. The van der Waals surface area contributed by atoms with E-state index in [2.05, 4.69) is 20.7 Å². The normalized spacial score (nSPS) is 10.8. The van der Waals surface area contributed by atoms with Crippen molar-refractivity contribution in [3.63, 3.8) is 0 Å². The van der Waals surface area contributed by atoms with E-state index in [0.29, 0.717) is 23.5 Å². The van der Waals surface area contributed by atoms with E-state index in [1.54, 1.807) is 27.7 Å². The first-order valence-electron chi connectivity index (χ1n) is 9.27. The second kappa shape index (κ2) is 8.05. The van der Waals surface area contributed by atoms with Gasteiger partial charge in [0.25, 0.3) is 5.91 Å². The topological polar surface area (TPSA) is 77.6 Å². The van der Waals surface area contributed by atoms with Crippen LogP contribution in [0.2, 0.25) is 0 Å². The van der Waals surface area contributed by atoms with Crippen LogP contribution in [-0.4, -0.2) is 30.7 Å². The number of carbonyl (C=O) groups is 1. The number of hydrogen-bond donors (Lipinski definition) is 1. The fourth-order valence-electron chi connectivity index (χ4n) is 3.06. The lowest BCUT2D eigenvalue weighted by molar-refractivity contribution is 0.102. The van der Waals surface area contributed by atoms with Gasteiger partial charge in [-0.3, -0.25) is 4.79 Å². The third-order valence-corrected chi connectivity index (χ3v) is 4.43. The molecule has 0 saturated carbocycles. The summed E-state index contributed by atoms with van der Waals surface area (Å²) in [6.07, 6.45) is 4.65. The van der Waals surface area contributed by atoms with Crippen LogP contribution in [0.4, 0.5) is 10.2 Å².